The molecule has 1 aliphatic rings. The molecule has 0 spiro atoms. The number of carbonyl (C=O) groups excluding carboxylic acids is 2. The SMILES string of the molecule is Cc1nn(C)c(C)c1CCC(=O)N1CCNC(=O)[C@H]1c1cccc(F)c1. The van der Waals surface area contributed by atoms with Gasteiger partial charge in [0.05, 0.1) is 5.69 Å². The summed E-state index contributed by atoms with van der Waals surface area (Å²) in [5.41, 5.74) is 3.50. The fourth-order valence-corrected chi connectivity index (χ4v) is 3.50. The molecule has 0 bridgehead atoms. The van der Waals surface area contributed by atoms with E-state index in [0.717, 1.165) is 17.0 Å². The second kappa shape index (κ2) is 7.27. The van der Waals surface area contributed by atoms with E-state index in [4.69, 9.17) is 0 Å². The van der Waals surface area contributed by atoms with Crippen LogP contribution < -0.4 is 5.32 Å². The van der Waals surface area contributed by atoms with Crippen molar-refractivity contribution in [3.63, 3.8) is 0 Å². The molecule has 0 aliphatic carbocycles. The van der Waals surface area contributed by atoms with Gasteiger partial charge in [-0.2, -0.15) is 5.10 Å². The highest BCUT2D eigenvalue weighted by atomic mass is 19.1. The molecule has 1 N–H and O–H groups in total. The first-order valence-corrected chi connectivity index (χ1v) is 8.70. The van der Waals surface area contributed by atoms with Gasteiger partial charge in [-0.05, 0) is 43.5 Å². The van der Waals surface area contributed by atoms with Crippen LogP contribution in [-0.2, 0) is 23.1 Å². The van der Waals surface area contributed by atoms with Gasteiger partial charge in [0.15, 0.2) is 0 Å². The van der Waals surface area contributed by atoms with E-state index < -0.39 is 11.9 Å². The first kappa shape index (κ1) is 18.1. The van der Waals surface area contributed by atoms with Gasteiger partial charge in [-0.1, -0.05) is 12.1 Å². The Bertz CT molecular complexity index is 846. The Morgan fingerprint density at radius 1 is 1.38 bits per heavy atom. The highest BCUT2D eigenvalue weighted by Gasteiger charge is 2.34. The van der Waals surface area contributed by atoms with Gasteiger partial charge in [-0.3, -0.25) is 14.3 Å². The number of nitrogens with zero attached hydrogens (tertiary/aromatic N) is 3. The minimum atomic E-state index is -0.789. The van der Waals surface area contributed by atoms with Crippen molar-refractivity contribution in [1.82, 2.24) is 20.0 Å². The Kier molecular flexibility index (Phi) is 5.06. The minimum absolute atomic E-state index is 0.114. The molecule has 1 aliphatic heterocycles. The standard InChI is InChI=1S/C19H23FN4O2/c1-12-16(13(2)23(3)22-12)7-8-17(25)24-10-9-21-19(26)18(24)14-5-4-6-15(20)11-14/h4-6,11,18H,7-10H2,1-3H3,(H,21,26)/t18-/m1/s1. The lowest BCUT2D eigenvalue weighted by Gasteiger charge is -2.35. The van der Waals surface area contributed by atoms with E-state index in [1.54, 1.807) is 21.7 Å². The number of nitrogens with one attached hydrogen (secondary N) is 1. The normalized spacial score (nSPS) is 17.3. The quantitative estimate of drug-likeness (QED) is 0.906. The largest absolute Gasteiger partial charge is 0.352 e. The van der Waals surface area contributed by atoms with Gasteiger partial charge in [-0.15, -0.1) is 0 Å². The lowest BCUT2D eigenvalue weighted by molar-refractivity contribution is -0.143. The third-order valence-corrected chi connectivity index (χ3v) is 4.94. The second-order valence-corrected chi connectivity index (χ2v) is 6.61. The van der Waals surface area contributed by atoms with E-state index in [9.17, 15) is 14.0 Å². The number of aryl methyl sites for hydroxylation is 2. The molecule has 1 fully saturated rings. The number of hydrogen-bond donors (Lipinski definition) is 1. The highest BCUT2D eigenvalue weighted by molar-refractivity contribution is 5.89. The number of amides is 2. The zero-order valence-corrected chi connectivity index (χ0v) is 15.3. The molecule has 1 aromatic heterocycles. The van der Waals surface area contributed by atoms with Crippen molar-refractivity contribution in [3.05, 3.63) is 52.6 Å². The van der Waals surface area contributed by atoms with Gasteiger partial charge < -0.3 is 10.2 Å². The van der Waals surface area contributed by atoms with E-state index in [2.05, 4.69) is 10.4 Å². The highest BCUT2D eigenvalue weighted by Crippen LogP contribution is 2.25. The average molecular weight is 358 g/mol. The third-order valence-electron chi connectivity index (χ3n) is 4.94. The third kappa shape index (κ3) is 3.47. The van der Waals surface area contributed by atoms with Crippen LogP contribution in [0.2, 0.25) is 0 Å². The minimum Gasteiger partial charge on any atom is -0.352 e. The van der Waals surface area contributed by atoms with Crippen LogP contribution in [0.25, 0.3) is 0 Å². The summed E-state index contributed by atoms with van der Waals surface area (Å²) in [7, 11) is 1.88. The molecule has 1 atom stereocenters. The Morgan fingerprint density at radius 2 is 2.15 bits per heavy atom. The smallest absolute Gasteiger partial charge is 0.247 e. The van der Waals surface area contributed by atoms with Gasteiger partial charge in [-0.25, -0.2) is 4.39 Å². The molecule has 138 valence electrons. The van der Waals surface area contributed by atoms with E-state index in [0.29, 0.717) is 25.1 Å². The van der Waals surface area contributed by atoms with E-state index in [-0.39, 0.29) is 18.2 Å². The molecule has 7 heteroatoms. The first-order chi connectivity index (χ1) is 12.4. The van der Waals surface area contributed by atoms with Crippen molar-refractivity contribution in [3.8, 4) is 0 Å². The summed E-state index contributed by atoms with van der Waals surface area (Å²) in [6.07, 6.45) is 0.852. The monoisotopic (exact) mass is 358 g/mol. The topological polar surface area (TPSA) is 67.2 Å². The van der Waals surface area contributed by atoms with Crippen LogP contribution in [0.4, 0.5) is 4.39 Å². The Hall–Kier alpha value is -2.70. The number of aromatic nitrogens is 2. The molecule has 1 saturated heterocycles. The van der Waals surface area contributed by atoms with Crippen LogP contribution in [-0.4, -0.2) is 39.6 Å². The Labute approximate surface area is 152 Å². The predicted octanol–water partition coefficient (Wildman–Crippen LogP) is 1.81. The average Bonchev–Trinajstić information content (AvgIpc) is 2.84. The zero-order valence-electron chi connectivity index (χ0n) is 15.3. The van der Waals surface area contributed by atoms with Crippen molar-refractivity contribution in [2.75, 3.05) is 13.1 Å². The van der Waals surface area contributed by atoms with E-state index in [1.807, 2.05) is 20.9 Å². The number of hydrogen-bond acceptors (Lipinski definition) is 3. The maximum absolute atomic E-state index is 13.6. The first-order valence-electron chi connectivity index (χ1n) is 8.70. The summed E-state index contributed by atoms with van der Waals surface area (Å²) in [6.45, 7) is 4.72. The predicted molar refractivity (Wildman–Crippen MR) is 94.9 cm³/mol. The number of benzene rings is 1. The van der Waals surface area contributed by atoms with Gasteiger partial charge >= 0.3 is 0 Å². The molecule has 2 heterocycles. The number of rotatable bonds is 4. The molecule has 6 nitrogen and oxygen atoms in total. The summed E-state index contributed by atoms with van der Waals surface area (Å²) < 4.78 is 15.4. The van der Waals surface area contributed by atoms with E-state index in [1.165, 1.54) is 12.1 Å². The lowest BCUT2D eigenvalue weighted by atomic mass is 10.0. The molecule has 1 aromatic carbocycles. The van der Waals surface area contributed by atoms with Crippen LogP contribution in [0.1, 0.15) is 35.0 Å². The van der Waals surface area contributed by atoms with Crippen LogP contribution in [0.15, 0.2) is 24.3 Å². The van der Waals surface area contributed by atoms with Gasteiger partial charge in [0.1, 0.15) is 11.9 Å². The summed E-state index contributed by atoms with van der Waals surface area (Å²) in [6, 6.07) is 5.07. The van der Waals surface area contributed by atoms with Crippen LogP contribution in [0, 0.1) is 19.7 Å². The number of piperazine rings is 1. The summed E-state index contributed by atoms with van der Waals surface area (Å²) in [4.78, 5) is 26.8. The second-order valence-electron chi connectivity index (χ2n) is 6.61. The van der Waals surface area contributed by atoms with Crippen LogP contribution in [0.3, 0.4) is 0 Å². The van der Waals surface area contributed by atoms with Crippen molar-refractivity contribution < 1.29 is 14.0 Å². The van der Waals surface area contributed by atoms with Gasteiger partial charge in [0, 0.05) is 32.3 Å². The van der Waals surface area contributed by atoms with E-state index >= 15 is 0 Å². The molecule has 0 saturated carbocycles. The molecule has 0 radical (unpaired) electrons. The van der Waals surface area contributed by atoms with Crippen molar-refractivity contribution in [2.24, 2.45) is 7.05 Å². The molecule has 2 aromatic rings. The summed E-state index contributed by atoms with van der Waals surface area (Å²) in [5.74, 6) is -0.810. The van der Waals surface area contributed by atoms with Crippen molar-refractivity contribution in [1.29, 1.82) is 0 Å². The van der Waals surface area contributed by atoms with Gasteiger partial charge in [0.2, 0.25) is 11.8 Å². The van der Waals surface area contributed by atoms with Crippen molar-refractivity contribution >= 4 is 11.8 Å². The van der Waals surface area contributed by atoms with Crippen LogP contribution >= 0.6 is 0 Å². The number of carbonyl (C=O) groups is 2. The maximum atomic E-state index is 13.6. The zero-order chi connectivity index (χ0) is 18.8. The maximum Gasteiger partial charge on any atom is 0.247 e. The lowest BCUT2D eigenvalue weighted by Crippen LogP contribution is -2.52. The number of halogens is 1. The van der Waals surface area contributed by atoms with Crippen LogP contribution in [0.5, 0.6) is 0 Å². The molecule has 3 rings (SSSR count). The van der Waals surface area contributed by atoms with Gasteiger partial charge in [0.25, 0.3) is 0 Å². The molecule has 2 amide bonds. The summed E-state index contributed by atoms with van der Waals surface area (Å²) >= 11 is 0. The fourth-order valence-electron chi connectivity index (χ4n) is 3.50. The summed E-state index contributed by atoms with van der Waals surface area (Å²) in [5, 5.41) is 7.13. The molecule has 0 unspecified atom stereocenters. The molecular weight excluding hydrogens is 335 g/mol. The fraction of sp³-hybridized carbons (Fsp3) is 0.421. The Morgan fingerprint density at radius 3 is 2.81 bits per heavy atom. The Balaban J connectivity index is 1.78. The van der Waals surface area contributed by atoms with Crippen molar-refractivity contribution in [2.45, 2.75) is 32.7 Å². The molecule has 26 heavy (non-hydrogen) atoms. The molecular formula is C19H23FN4O2.